The zero-order valence-corrected chi connectivity index (χ0v) is 8.93. The van der Waals surface area contributed by atoms with Crippen molar-refractivity contribution in [1.29, 1.82) is 5.41 Å². The van der Waals surface area contributed by atoms with Crippen LogP contribution in [-0.4, -0.2) is 37.5 Å². The zero-order valence-electron chi connectivity index (χ0n) is 8.93. The number of nitrogens with zero attached hydrogens (tertiary/aromatic N) is 1. The molecule has 0 aliphatic rings. The summed E-state index contributed by atoms with van der Waals surface area (Å²) in [7, 11) is 3.83. The summed E-state index contributed by atoms with van der Waals surface area (Å²) in [5.41, 5.74) is 5.30. The highest BCUT2D eigenvalue weighted by Crippen LogP contribution is 2.00. The predicted molar refractivity (Wildman–Crippen MR) is 56.9 cm³/mol. The molecule has 1 unspecified atom stereocenters. The smallest absolute Gasteiger partial charge is 0.188 e. The summed E-state index contributed by atoms with van der Waals surface area (Å²) in [5, 5.41) is 10.3. The van der Waals surface area contributed by atoms with Gasteiger partial charge < -0.3 is 16.0 Å². The third kappa shape index (κ3) is 6.40. The molecule has 0 aliphatic carbocycles. The van der Waals surface area contributed by atoms with Crippen molar-refractivity contribution in [2.24, 2.45) is 5.73 Å². The van der Waals surface area contributed by atoms with Crippen LogP contribution < -0.4 is 11.1 Å². The maximum absolute atomic E-state index is 7.15. The van der Waals surface area contributed by atoms with Gasteiger partial charge in [0.05, 0.1) is 0 Å². The van der Waals surface area contributed by atoms with Gasteiger partial charge in [-0.15, -0.1) is 0 Å². The molecule has 0 spiro atoms. The van der Waals surface area contributed by atoms with Crippen molar-refractivity contribution in [3.05, 3.63) is 0 Å². The molecule has 4 N–H and O–H groups in total. The van der Waals surface area contributed by atoms with Crippen LogP contribution in [0.4, 0.5) is 0 Å². The molecule has 0 aliphatic heterocycles. The summed E-state index contributed by atoms with van der Waals surface area (Å²) >= 11 is 0. The van der Waals surface area contributed by atoms with Crippen LogP contribution in [0, 0.1) is 5.41 Å². The van der Waals surface area contributed by atoms with Crippen molar-refractivity contribution in [2.45, 2.75) is 32.2 Å². The van der Waals surface area contributed by atoms with Crippen LogP contribution in [0.5, 0.6) is 0 Å². The van der Waals surface area contributed by atoms with Crippen molar-refractivity contribution >= 4 is 5.96 Å². The molecule has 0 saturated heterocycles. The molecule has 0 bridgehead atoms. The Hall–Kier alpha value is -0.770. The van der Waals surface area contributed by atoms with Crippen LogP contribution in [0.15, 0.2) is 0 Å². The third-order valence-electron chi connectivity index (χ3n) is 2.28. The summed E-state index contributed by atoms with van der Waals surface area (Å²) < 4.78 is 0. The van der Waals surface area contributed by atoms with Gasteiger partial charge in [0, 0.05) is 19.6 Å². The van der Waals surface area contributed by atoms with Gasteiger partial charge in [-0.2, -0.15) is 0 Å². The van der Waals surface area contributed by atoms with Gasteiger partial charge in [0.25, 0.3) is 0 Å². The maximum atomic E-state index is 7.15. The Morgan fingerprint density at radius 3 is 2.62 bits per heavy atom. The van der Waals surface area contributed by atoms with Gasteiger partial charge in [-0.1, -0.05) is 6.42 Å². The zero-order chi connectivity index (χ0) is 10.3. The highest BCUT2D eigenvalue weighted by Gasteiger charge is 2.00. The van der Waals surface area contributed by atoms with Crippen LogP contribution in [0.25, 0.3) is 0 Å². The lowest BCUT2D eigenvalue weighted by Crippen LogP contribution is -2.33. The fourth-order valence-corrected chi connectivity index (χ4v) is 1.06. The van der Waals surface area contributed by atoms with Crippen LogP contribution >= 0.6 is 0 Å². The molecule has 0 aromatic heterocycles. The Morgan fingerprint density at radius 1 is 1.54 bits per heavy atom. The standard InChI is InChI=1S/C9H22N4/c1-8(12-2)6-4-5-7-13(3)9(10)11/h8,12H,4-7H2,1-3H3,(H3,10,11). The third-order valence-corrected chi connectivity index (χ3v) is 2.28. The van der Waals surface area contributed by atoms with E-state index in [4.69, 9.17) is 11.1 Å². The minimum Gasteiger partial charge on any atom is -0.370 e. The summed E-state index contributed by atoms with van der Waals surface area (Å²) in [6, 6.07) is 0.586. The lowest BCUT2D eigenvalue weighted by atomic mass is 10.1. The molecule has 0 heterocycles. The predicted octanol–water partition coefficient (Wildman–Crippen LogP) is 0.590. The normalized spacial score (nSPS) is 12.5. The lowest BCUT2D eigenvalue weighted by Gasteiger charge is -2.16. The molecule has 0 aromatic carbocycles. The molecule has 0 rings (SSSR count). The first-order valence-electron chi connectivity index (χ1n) is 4.80. The SMILES string of the molecule is CNC(C)CCCCN(C)C(=N)N. The average molecular weight is 186 g/mol. The van der Waals surface area contributed by atoms with Gasteiger partial charge in [0.2, 0.25) is 0 Å². The number of guanidine groups is 1. The van der Waals surface area contributed by atoms with E-state index in [9.17, 15) is 0 Å². The van der Waals surface area contributed by atoms with Crippen LogP contribution in [0.2, 0.25) is 0 Å². The van der Waals surface area contributed by atoms with E-state index >= 15 is 0 Å². The average Bonchev–Trinajstić information content (AvgIpc) is 2.11. The number of nitrogens with two attached hydrogens (primary N) is 1. The van der Waals surface area contributed by atoms with Crippen LogP contribution in [0.1, 0.15) is 26.2 Å². The first-order chi connectivity index (χ1) is 6.07. The molecule has 0 radical (unpaired) electrons. The van der Waals surface area contributed by atoms with Gasteiger partial charge in [0.15, 0.2) is 5.96 Å². The van der Waals surface area contributed by atoms with E-state index in [1.165, 1.54) is 12.8 Å². The van der Waals surface area contributed by atoms with Gasteiger partial charge in [-0.05, 0) is 26.8 Å². The molecule has 4 nitrogen and oxygen atoms in total. The minimum atomic E-state index is 0.154. The number of rotatable bonds is 6. The van der Waals surface area contributed by atoms with E-state index in [0.717, 1.165) is 13.0 Å². The minimum absolute atomic E-state index is 0.154. The Kier molecular flexibility index (Phi) is 6.32. The van der Waals surface area contributed by atoms with Crippen molar-refractivity contribution in [2.75, 3.05) is 20.6 Å². The van der Waals surface area contributed by atoms with Crippen LogP contribution in [-0.2, 0) is 0 Å². The van der Waals surface area contributed by atoms with E-state index in [0.29, 0.717) is 6.04 Å². The number of hydrogen-bond donors (Lipinski definition) is 3. The van der Waals surface area contributed by atoms with E-state index < -0.39 is 0 Å². The van der Waals surface area contributed by atoms with E-state index in [2.05, 4.69) is 12.2 Å². The molecule has 1 atom stereocenters. The van der Waals surface area contributed by atoms with Crippen molar-refractivity contribution in [3.8, 4) is 0 Å². The Bertz CT molecular complexity index is 147. The summed E-state index contributed by atoms with van der Waals surface area (Å²) in [5.74, 6) is 0.154. The molecule has 0 aromatic rings. The Morgan fingerprint density at radius 2 is 2.15 bits per heavy atom. The Labute approximate surface area is 81.0 Å². The second-order valence-corrected chi connectivity index (χ2v) is 3.49. The monoisotopic (exact) mass is 186 g/mol. The molecule has 13 heavy (non-hydrogen) atoms. The van der Waals surface area contributed by atoms with Crippen molar-refractivity contribution in [1.82, 2.24) is 10.2 Å². The first kappa shape index (κ1) is 12.2. The number of nitrogens with one attached hydrogen (secondary N) is 2. The quantitative estimate of drug-likeness (QED) is 0.323. The molecular formula is C9H22N4. The summed E-state index contributed by atoms with van der Waals surface area (Å²) in [4.78, 5) is 1.77. The number of unbranched alkanes of at least 4 members (excludes halogenated alkanes) is 1. The summed E-state index contributed by atoms with van der Waals surface area (Å²) in [6.45, 7) is 3.06. The topological polar surface area (TPSA) is 65.1 Å². The van der Waals surface area contributed by atoms with Gasteiger partial charge in [-0.3, -0.25) is 5.41 Å². The van der Waals surface area contributed by atoms with Gasteiger partial charge >= 0.3 is 0 Å². The largest absolute Gasteiger partial charge is 0.370 e. The second-order valence-electron chi connectivity index (χ2n) is 3.49. The molecule has 4 heteroatoms. The fraction of sp³-hybridized carbons (Fsp3) is 0.889. The van der Waals surface area contributed by atoms with E-state index in [-0.39, 0.29) is 5.96 Å². The van der Waals surface area contributed by atoms with Gasteiger partial charge in [0.1, 0.15) is 0 Å². The number of hydrogen-bond acceptors (Lipinski definition) is 2. The lowest BCUT2D eigenvalue weighted by molar-refractivity contribution is 0.446. The van der Waals surface area contributed by atoms with E-state index in [1.54, 1.807) is 4.90 Å². The summed E-state index contributed by atoms with van der Waals surface area (Å²) in [6.07, 6.45) is 3.46. The molecular weight excluding hydrogens is 164 g/mol. The molecule has 78 valence electrons. The second kappa shape index (κ2) is 6.71. The highest BCUT2D eigenvalue weighted by atomic mass is 15.2. The highest BCUT2D eigenvalue weighted by molar-refractivity contribution is 5.74. The van der Waals surface area contributed by atoms with Crippen LogP contribution in [0.3, 0.4) is 0 Å². The maximum Gasteiger partial charge on any atom is 0.188 e. The molecule has 0 fully saturated rings. The van der Waals surface area contributed by atoms with Gasteiger partial charge in [-0.25, -0.2) is 0 Å². The fourth-order valence-electron chi connectivity index (χ4n) is 1.06. The van der Waals surface area contributed by atoms with Crippen molar-refractivity contribution < 1.29 is 0 Å². The molecule has 0 saturated carbocycles. The Balaban J connectivity index is 3.30. The van der Waals surface area contributed by atoms with E-state index in [1.807, 2.05) is 14.1 Å². The first-order valence-corrected chi connectivity index (χ1v) is 4.80. The molecule has 0 amide bonds. The van der Waals surface area contributed by atoms with Crippen molar-refractivity contribution in [3.63, 3.8) is 0 Å².